The molecule has 1 N–H and O–H groups in total. The minimum absolute atomic E-state index is 0.0892. The number of aryl methyl sites for hydroxylation is 3. The minimum atomic E-state index is -4.10. The van der Waals surface area contributed by atoms with Gasteiger partial charge < -0.3 is 10.2 Å². The van der Waals surface area contributed by atoms with Gasteiger partial charge in [0.25, 0.3) is 10.0 Å². The predicted octanol–water partition coefficient (Wildman–Crippen LogP) is 5.76. The number of amides is 2. The fourth-order valence-corrected chi connectivity index (χ4v) is 5.74. The van der Waals surface area contributed by atoms with Gasteiger partial charge in [0.1, 0.15) is 12.6 Å². The molecule has 9 heteroatoms. The first-order valence-corrected chi connectivity index (χ1v) is 15.5. The smallest absolute Gasteiger partial charge is 0.264 e. The number of hydrogen-bond donors (Lipinski definition) is 1. The molecule has 0 aliphatic rings. The first-order valence-electron chi connectivity index (χ1n) is 13.3. The van der Waals surface area contributed by atoms with Gasteiger partial charge >= 0.3 is 0 Å². The molecule has 40 heavy (non-hydrogen) atoms. The topological polar surface area (TPSA) is 86.8 Å². The van der Waals surface area contributed by atoms with E-state index in [1.54, 1.807) is 43.3 Å². The summed E-state index contributed by atoms with van der Waals surface area (Å²) in [6, 6.07) is 18.5. The lowest BCUT2D eigenvalue weighted by Crippen LogP contribution is -2.51. The van der Waals surface area contributed by atoms with Crippen molar-refractivity contribution in [1.29, 1.82) is 0 Å². The number of carbonyl (C=O) groups excluding carboxylic acids is 2. The van der Waals surface area contributed by atoms with Crippen LogP contribution in [-0.4, -0.2) is 44.3 Å². The molecule has 0 spiro atoms. The maximum atomic E-state index is 14.0. The highest BCUT2D eigenvalue weighted by molar-refractivity contribution is 9.10. The number of rotatable bonds is 11. The summed E-state index contributed by atoms with van der Waals surface area (Å²) in [4.78, 5) is 28.6. The van der Waals surface area contributed by atoms with Crippen molar-refractivity contribution in [3.8, 4) is 0 Å². The van der Waals surface area contributed by atoms with Gasteiger partial charge in [-0.1, -0.05) is 65.7 Å². The van der Waals surface area contributed by atoms with E-state index in [1.807, 2.05) is 65.0 Å². The predicted molar refractivity (Wildman–Crippen MR) is 164 cm³/mol. The molecule has 0 bridgehead atoms. The van der Waals surface area contributed by atoms with Crippen molar-refractivity contribution in [2.75, 3.05) is 17.4 Å². The van der Waals surface area contributed by atoms with E-state index in [9.17, 15) is 18.0 Å². The van der Waals surface area contributed by atoms with Gasteiger partial charge in [0, 0.05) is 17.6 Å². The van der Waals surface area contributed by atoms with Crippen molar-refractivity contribution in [2.45, 2.75) is 59.0 Å². The van der Waals surface area contributed by atoms with Crippen LogP contribution in [0.25, 0.3) is 0 Å². The molecule has 3 aromatic carbocycles. The molecule has 2 amide bonds. The molecule has 0 aromatic heterocycles. The fraction of sp³-hybridized carbons (Fsp3) is 0.355. The van der Waals surface area contributed by atoms with Crippen LogP contribution in [0.2, 0.25) is 0 Å². The lowest BCUT2D eigenvalue weighted by Gasteiger charge is -2.32. The highest BCUT2D eigenvalue weighted by Gasteiger charge is 2.32. The number of nitrogens with one attached hydrogen (secondary N) is 1. The van der Waals surface area contributed by atoms with Crippen molar-refractivity contribution in [2.24, 2.45) is 5.92 Å². The summed E-state index contributed by atoms with van der Waals surface area (Å²) in [5.74, 6) is -0.533. The number of anilines is 1. The Balaban J connectivity index is 2.03. The van der Waals surface area contributed by atoms with Crippen LogP contribution in [0.1, 0.15) is 43.0 Å². The summed E-state index contributed by atoms with van der Waals surface area (Å²) >= 11 is 3.43. The summed E-state index contributed by atoms with van der Waals surface area (Å²) in [5, 5.41) is 2.90. The van der Waals surface area contributed by atoms with Crippen LogP contribution < -0.4 is 9.62 Å². The molecule has 0 heterocycles. The summed E-state index contributed by atoms with van der Waals surface area (Å²) in [6.07, 6.45) is 0. The lowest BCUT2D eigenvalue weighted by molar-refractivity contribution is -0.139. The molecule has 0 unspecified atom stereocenters. The fourth-order valence-electron chi connectivity index (χ4n) is 4.07. The van der Waals surface area contributed by atoms with Crippen LogP contribution in [0.4, 0.5) is 5.69 Å². The van der Waals surface area contributed by atoms with Gasteiger partial charge in [-0.3, -0.25) is 13.9 Å². The van der Waals surface area contributed by atoms with Gasteiger partial charge in [0.05, 0.1) is 10.6 Å². The highest BCUT2D eigenvalue weighted by atomic mass is 79.9. The van der Waals surface area contributed by atoms with Crippen LogP contribution in [0.5, 0.6) is 0 Å². The van der Waals surface area contributed by atoms with Crippen LogP contribution in [-0.2, 0) is 26.2 Å². The Kier molecular flexibility index (Phi) is 10.6. The van der Waals surface area contributed by atoms with E-state index in [1.165, 1.54) is 4.90 Å². The standard InChI is InChI=1S/C31H38BrN3O4S/c1-21(2)18-33-31(37)25(6)34(19-26-10-12-27(32)13-11-26)30(36)20-35(28-14-9-23(4)24(5)17-28)40(38,39)29-15-7-22(3)8-16-29/h7-17,21,25H,18-20H2,1-6H3,(H,33,37)/t25-/m0/s1. The van der Waals surface area contributed by atoms with Crippen molar-refractivity contribution in [3.05, 3.63) is 93.5 Å². The van der Waals surface area contributed by atoms with E-state index in [0.717, 1.165) is 31.0 Å². The molecule has 0 saturated carbocycles. The SMILES string of the molecule is Cc1ccc(S(=O)(=O)N(CC(=O)N(Cc2ccc(Br)cc2)[C@@H](C)C(=O)NCC(C)C)c2ccc(C)c(C)c2)cc1. The molecule has 0 aliphatic carbocycles. The second-order valence-corrected chi connectivity index (χ2v) is 13.3. The van der Waals surface area contributed by atoms with Crippen molar-refractivity contribution in [3.63, 3.8) is 0 Å². The largest absolute Gasteiger partial charge is 0.354 e. The number of hydrogen-bond acceptors (Lipinski definition) is 4. The molecule has 3 rings (SSSR count). The monoisotopic (exact) mass is 627 g/mol. The average Bonchev–Trinajstić information content (AvgIpc) is 2.91. The molecule has 0 fully saturated rings. The summed E-state index contributed by atoms with van der Waals surface area (Å²) in [5.41, 5.74) is 4.05. The number of nitrogens with zero attached hydrogens (tertiary/aromatic N) is 2. The molecular weight excluding hydrogens is 590 g/mol. The maximum Gasteiger partial charge on any atom is 0.264 e. The second kappa shape index (κ2) is 13.5. The van der Waals surface area contributed by atoms with Crippen LogP contribution >= 0.6 is 15.9 Å². The number of halogens is 1. The third-order valence-corrected chi connectivity index (χ3v) is 9.10. The van der Waals surface area contributed by atoms with E-state index in [-0.39, 0.29) is 23.3 Å². The van der Waals surface area contributed by atoms with Gasteiger partial charge in [-0.05, 0) is 86.7 Å². The molecule has 214 valence electrons. The third-order valence-electron chi connectivity index (χ3n) is 6.78. The Morgan fingerprint density at radius 3 is 2.08 bits per heavy atom. The first kappa shape index (κ1) is 31.4. The molecule has 0 saturated heterocycles. The van der Waals surface area contributed by atoms with Crippen molar-refractivity contribution in [1.82, 2.24) is 10.2 Å². The van der Waals surface area contributed by atoms with E-state index in [0.29, 0.717) is 12.2 Å². The Morgan fingerprint density at radius 2 is 1.50 bits per heavy atom. The van der Waals surface area contributed by atoms with Crippen LogP contribution in [0, 0.1) is 26.7 Å². The zero-order valence-electron chi connectivity index (χ0n) is 23.9. The second-order valence-electron chi connectivity index (χ2n) is 10.6. The number of sulfonamides is 1. The third kappa shape index (κ3) is 7.95. The Labute approximate surface area is 246 Å². The van der Waals surface area contributed by atoms with E-state index in [4.69, 9.17) is 0 Å². The molecular formula is C31H38BrN3O4S. The average molecular weight is 629 g/mol. The first-order chi connectivity index (χ1) is 18.8. The van der Waals surface area contributed by atoms with E-state index < -0.39 is 28.5 Å². The highest BCUT2D eigenvalue weighted by Crippen LogP contribution is 2.27. The number of carbonyl (C=O) groups is 2. The van der Waals surface area contributed by atoms with Crippen molar-refractivity contribution >= 4 is 43.5 Å². The van der Waals surface area contributed by atoms with E-state index in [2.05, 4.69) is 21.2 Å². The lowest BCUT2D eigenvalue weighted by atomic mass is 10.1. The molecule has 1 atom stereocenters. The molecule has 0 aliphatic heterocycles. The van der Waals surface area contributed by atoms with Crippen LogP contribution in [0.3, 0.4) is 0 Å². The van der Waals surface area contributed by atoms with Crippen molar-refractivity contribution < 1.29 is 18.0 Å². The summed E-state index contributed by atoms with van der Waals surface area (Å²) < 4.78 is 29.9. The van der Waals surface area contributed by atoms with Gasteiger partial charge in [-0.25, -0.2) is 8.42 Å². The van der Waals surface area contributed by atoms with Gasteiger partial charge in [-0.2, -0.15) is 0 Å². The summed E-state index contributed by atoms with van der Waals surface area (Å²) in [7, 11) is -4.10. The van der Waals surface area contributed by atoms with Crippen LogP contribution in [0.15, 0.2) is 76.1 Å². The summed E-state index contributed by atoms with van der Waals surface area (Å²) in [6.45, 7) is 11.5. The zero-order chi connectivity index (χ0) is 29.6. The zero-order valence-corrected chi connectivity index (χ0v) is 26.3. The van der Waals surface area contributed by atoms with E-state index >= 15 is 0 Å². The maximum absolute atomic E-state index is 14.0. The van der Waals surface area contributed by atoms with Gasteiger partial charge in [0.15, 0.2) is 0 Å². The molecule has 0 radical (unpaired) electrons. The normalized spacial score (nSPS) is 12.2. The minimum Gasteiger partial charge on any atom is -0.354 e. The van der Waals surface area contributed by atoms with Gasteiger partial charge in [-0.15, -0.1) is 0 Å². The Hall–Kier alpha value is -3.17. The van der Waals surface area contributed by atoms with Gasteiger partial charge in [0.2, 0.25) is 11.8 Å². The Bertz CT molecular complexity index is 1440. The molecule has 7 nitrogen and oxygen atoms in total. The Morgan fingerprint density at radius 1 is 0.875 bits per heavy atom. The quantitative estimate of drug-likeness (QED) is 0.293. The number of benzene rings is 3. The molecule has 3 aromatic rings.